The summed E-state index contributed by atoms with van der Waals surface area (Å²) in [6, 6.07) is 20.4. The molecule has 4 rings (SSSR count). The molecule has 0 aliphatic carbocycles. The zero-order valence-electron chi connectivity index (χ0n) is 18.1. The first-order chi connectivity index (χ1) is 15.4. The van der Waals surface area contributed by atoms with Gasteiger partial charge in [-0.1, -0.05) is 35.9 Å². The van der Waals surface area contributed by atoms with Gasteiger partial charge in [-0.3, -0.25) is 14.4 Å². The summed E-state index contributed by atoms with van der Waals surface area (Å²) in [6.07, 6.45) is 0.785. The molecular formula is C26H25N3O3. The number of aryl methyl sites for hydroxylation is 1. The Labute approximate surface area is 187 Å². The van der Waals surface area contributed by atoms with Gasteiger partial charge in [-0.15, -0.1) is 0 Å². The Bertz CT molecular complexity index is 1200. The van der Waals surface area contributed by atoms with Crippen molar-refractivity contribution in [2.24, 2.45) is 0 Å². The van der Waals surface area contributed by atoms with E-state index in [1.54, 1.807) is 24.3 Å². The highest BCUT2D eigenvalue weighted by Crippen LogP contribution is 2.30. The van der Waals surface area contributed by atoms with Crippen molar-refractivity contribution in [3.63, 3.8) is 0 Å². The molecule has 6 heteroatoms. The quantitative estimate of drug-likeness (QED) is 0.644. The number of nitrogens with one attached hydrogen (secondary N) is 2. The summed E-state index contributed by atoms with van der Waals surface area (Å²) in [5.74, 6) is -0.392. The second kappa shape index (κ2) is 9.06. The van der Waals surface area contributed by atoms with Crippen LogP contribution in [0.1, 0.15) is 44.3 Å². The van der Waals surface area contributed by atoms with Crippen molar-refractivity contribution in [2.45, 2.75) is 26.8 Å². The summed E-state index contributed by atoms with van der Waals surface area (Å²) in [6.45, 7) is 4.43. The van der Waals surface area contributed by atoms with Crippen LogP contribution in [0.3, 0.4) is 0 Å². The van der Waals surface area contributed by atoms with Crippen LogP contribution in [0.2, 0.25) is 0 Å². The van der Waals surface area contributed by atoms with Gasteiger partial charge in [0.25, 0.3) is 11.8 Å². The van der Waals surface area contributed by atoms with E-state index in [1.807, 2.05) is 54.3 Å². The summed E-state index contributed by atoms with van der Waals surface area (Å²) in [7, 11) is 0. The predicted octanol–water partition coefficient (Wildman–Crippen LogP) is 4.09. The standard InChI is InChI=1S/C26H25N3O3/c1-17-5-3-7-22(13-17)26(32)29-12-11-20-14-19(9-10-24(20)29)16-27-25(31)21-6-4-8-23(15-21)28-18(2)30/h3-10,13-15H,11-12,16H2,1-2H3,(H,27,31)(H,28,30). The van der Waals surface area contributed by atoms with Crippen LogP contribution < -0.4 is 15.5 Å². The molecule has 0 unspecified atom stereocenters. The zero-order valence-corrected chi connectivity index (χ0v) is 18.1. The molecule has 32 heavy (non-hydrogen) atoms. The van der Waals surface area contributed by atoms with Gasteiger partial charge in [-0.25, -0.2) is 0 Å². The van der Waals surface area contributed by atoms with Gasteiger partial charge in [-0.05, 0) is 60.9 Å². The summed E-state index contributed by atoms with van der Waals surface area (Å²) in [5.41, 5.74) is 5.81. The van der Waals surface area contributed by atoms with Crippen LogP contribution in [0.5, 0.6) is 0 Å². The molecule has 3 aromatic carbocycles. The first-order valence-electron chi connectivity index (χ1n) is 10.6. The van der Waals surface area contributed by atoms with Crippen LogP contribution >= 0.6 is 0 Å². The first kappa shape index (κ1) is 21.3. The van der Waals surface area contributed by atoms with E-state index < -0.39 is 0 Å². The molecule has 6 nitrogen and oxygen atoms in total. The van der Waals surface area contributed by atoms with Crippen LogP contribution in [-0.2, 0) is 17.8 Å². The Morgan fingerprint density at radius 1 is 0.938 bits per heavy atom. The summed E-state index contributed by atoms with van der Waals surface area (Å²) >= 11 is 0. The van der Waals surface area contributed by atoms with Crippen molar-refractivity contribution >= 4 is 29.1 Å². The largest absolute Gasteiger partial charge is 0.348 e. The smallest absolute Gasteiger partial charge is 0.258 e. The van der Waals surface area contributed by atoms with Gasteiger partial charge in [0.2, 0.25) is 5.91 Å². The van der Waals surface area contributed by atoms with Gasteiger partial charge in [-0.2, -0.15) is 0 Å². The Balaban J connectivity index is 1.42. The summed E-state index contributed by atoms with van der Waals surface area (Å²) in [5, 5.41) is 5.60. The molecule has 0 radical (unpaired) electrons. The van der Waals surface area contributed by atoms with Crippen LogP contribution in [0.4, 0.5) is 11.4 Å². The number of carbonyl (C=O) groups is 3. The normalized spacial score (nSPS) is 12.2. The Morgan fingerprint density at radius 2 is 1.72 bits per heavy atom. The number of nitrogens with zero attached hydrogens (tertiary/aromatic N) is 1. The molecule has 0 atom stereocenters. The SMILES string of the molecule is CC(=O)Nc1cccc(C(=O)NCc2ccc3c(c2)CCN3C(=O)c2cccc(C)c2)c1. The van der Waals surface area contributed by atoms with Gasteiger partial charge in [0.1, 0.15) is 0 Å². The van der Waals surface area contributed by atoms with Crippen molar-refractivity contribution < 1.29 is 14.4 Å². The molecule has 3 aromatic rings. The Hall–Kier alpha value is -3.93. The minimum atomic E-state index is -0.214. The highest BCUT2D eigenvalue weighted by Gasteiger charge is 2.25. The Morgan fingerprint density at radius 3 is 2.50 bits per heavy atom. The molecule has 0 bridgehead atoms. The number of benzene rings is 3. The molecule has 1 heterocycles. The molecule has 0 fully saturated rings. The molecular weight excluding hydrogens is 402 g/mol. The van der Waals surface area contributed by atoms with Crippen LogP contribution in [0.25, 0.3) is 0 Å². The second-order valence-corrected chi connectivity index (χ2v) is 7.98. The Kier molecular flexibility index (Phi) is 6.03. The second-order valence-electron chi connectivity index (χ2n) is 7.98. The van der Waals surface area contributed by atoms with Crippen LogP contribution in [-0.4, -0.2) is 24.3 Å². The third-order valence-corrected chi connectivity index (χ3v) is 5.45. The first-order valence-corrected chi connectivity index (χ1v) is 10.6. The molecule has 3 amide bonds. The number of rotatable bonds is 5. The number of fused-ring (bicyclic) bond motifs is 1. The fourth-order valence-corrected chi connectivity index (χ4v) is 3.94. The van der Waals surface area contributed by atoms with Gasteiger partial charge in [0, 0.05) is 42.5 Å². The van der Waals surface area contributed by atoms with Gasteiger partial charge in [0.15, 0.2) is 0 Å². The lowest BCUT2D eigenvalue weighted by molar-refractivity contribution is -0.114. The minimum absolute atomic E-state index is 0.00700. The number of anilines is 2. The van der Waals surface area contributed by atoms with Crippen LogP contribution in [0, 0.1) is 6.92 Å². The van der Waals surface area contributed by atoms with Crippen molar-refractivity contribution in [1.82, 2.24) is 5.32 Å². The molecule has 0 spiro atoms. The molecule has 0 saturated heterocycles. The lowest BCUT2D eigenvalue weighted by Crippen LogP contribution is -2.28. The van der Waals surface area contributed by atoms with Gasteiger partial charge < -0.3 is 15.5 Å². The average Bonchev–Trinajstić information content (AvgIpc) is 3.20. The summed E-state index contributed by atoms with van der Waals surface area (Å²) < 4.78 is 0. The molecule has 0 saturated carbocycles. The minimum Gasteiger partial charge on any atom is -0.348 e. The van der Waals surface area contributed by atoms with Crippen LogP contribution in [0.15, 0.2) is 66.7 Å². The lowest BCUT2D eigenvalue weighted by Gasteiger charge is -2.18. The van der Waals surface area contributed by atoms with E-state index in [-0.39, 0.29) is 17.7 Å². The van der Waals surface area contributed by atoms with Crippen molar-refractivity contribution in [3.05, 3.63) is 94.5 Å². The maximum Gasteiger partial charge on any atom is 0.258 e. The maximum absolute atomic E-state index is 13.0. The summed E-state index contributed by atoms with van der Waals surface area (Å²) in [4.78, 5) is 38.5. The van der Waals surface area contributed by atoms with Gasteiger partial charge in [0.05, 0.1) is 0 Å². The fourth-order valence-electron chi connectivity index (χ4n) is 3.94. The number of amides is 3. The number of carbonyl (C=O) groups excluding carboxylic acids is 3. The predicted molar refractivity (Wildman–Crippen MR) is 125 cm³/mol. The van der Waals surface area contributed by atoms with Gasteiger partial charge >= 0.3 is 0 Å². The van der Waals surface area contributed by atoms with Crippen molar-refractivity contribution in [3.8, 4) is 0 Å². The van der Waals surface area contributed by atoms with E-state index in [1.165, 1.54) is 6.92 Å². The number of hydrogen-bond donors (Lipinski definition) is 2. The number of hydrogen-bond acceptors (Lipinski definition) is 3. The van der Waals surface area contributed by atoms with Crippen molar-refractivity contribution in [1.29, 1.82) is 0 Å². The topological polar surface area (TPSA) is 78.5 Å². The highest BCUT2D eigenvalue weighted by atomic mass is 16.2. The monoisotopic (exact) mass is 427 g/mol. The fraction of sp³-hybridized carbons (Fsp3) is 0.192. The van der Waals surface area contributed by atoms with Crippen molar-refractivity contribution in [2.75, 3.05) is 16.8 Å². The average molecular weight is 428 g/mol. The molecule has 2 N–H and O–H groups in total. The zero-order chi connectivity index (χ0) is 22.7. The molecule has 162 valence electrons. The van der Waals surface area contributed by atoms with E-state index in [9.17, 15) is 14.4 Å². The molecule has 0 aromatic heterocycles. The van der Waals surface area contributed by atoms with E-state index in [0.29, 0.717) is 29.9 Å². The van der Waals surface area contributed by atoms with E-state index in [2.05, 4.69) is 10.6 Å². The lowest BCUT2D eigenvalue weighted by atomic mass is 10.1. The third kappa shape index (κ3) is 4.70. The third-order valence-electron chi connectivity index (χ3n) is 5.45. The molecule has 1 aliphatic heterocycles. The molecule has 1 aliphatic rings. The van der Waals surface area contributed by atoms with E-state index in [4.69, 9.17) is 0 Å². The van der Waals surface area contributed by atoms with E-state index >= 15 is 0 Å². The van der Waals surface area contributed by atoms with E-state index in [0.717, 1.165) is 28.8 Å². The highest BCUT2D eigenvalue weighted by molar-refractivity contribution is 6.07. The maximum atomic E-state index is 13.0.